The van der Waals surface area contributed by atoms with Crippen molar-refractivity contribution in [2.45, 2.75) is 19.4 Å². The fourth-order valence-electron chi connectivity index (χ4n) is 2.39. The summed E-state index contributed by atoms with van der Waals surface area (Å²) in [6.45, 7) is 5.00. The number of hydrogen-bond donors (Lipinski definition) is 1. The minimum Gasteiger partial charge on any atom is -0.315 e. The second-order valence-electron chi connectivity index (χ2n) is 5.41. The lowest BCUT2D eigenvalue weighted by Gasteiger charge is -2.31. The summed E-state index contributed by atoms with van der Waals surface area (Å²) in [5, 5.41) is 3.41. The molecule has 1 amide bonds. The molecule has 1 atom stereocenters. The average Bonchev–Trinajstić information content (AvgIpc) is 2.39. The largest absolute Gasteiger partial charge is 0.315 e. The van der Waals surface area contributed by atoms with Gasteiger partial charge in [-0.1, -0.05) is 17.7 Å². The van der Waals surface area contributed by atoms with Crippen molar-refractivity contribution in [2.75, 3.05) is 38.6 Å². The number of hydrogen-bond acceptors (Lipinski definition) is 3. The van der Waals surface area contributed by atoms with Crippen molar-refractivity contribution in [2.24, 2.45) is 0 Å². The minimum atomic E-state index is 0.164. The molecule has 4 heteroatoms. The minimum absolute atomic E-state index is 0.164. The van der Waals surface area contributed by atoms with Crippen molar-refractivity contribution in [1.82, 2.24) is 10.2 Å². The highest BCUT2D eigenvalue weighted by Gasteiger charge is 2.21. The van der Waals surface area contributed by atoms with Crippen molar-refractivity contribution in [3.8, 4) is 0 Å². The molecule has 1 unspecified atom stereocenters. The Kier molecular flexibility index (Phi) is 4.56. The molecule has 0 bridgehead atoms. The Labute approximate surface area is 115 Å². The summed E-state index contributed by atoms with van der Waals surface area (Å²) in [5.41, 5.74) is 2.17. The van der Waals surface area contributed by atoms with Gasteiger partial charge in [-0.05, 0) is 26.1 Å². The van der Waals surface area contributed by atoms with Gasteiger partial charge in [0.15, 0.2) is 0 Å². The number of carbonyl (C=O) groups excluding carboxylic acids is 1. The molecule has 1 N–H and O–H groups in total. The van der Waals surface area contributed by atoms with Crippen LogP contribution in [0.15, 0.2) is 24.3 Å². The van der Waals surface area contributed by atoms with E-state index >= 15 is 0 Å². The number of rotatable bonds is 3. The predicted octanol–water partition coefficient (Wildman–Crippen LogP) is 1.25. The van der Waals surface area contributed by atoms with Gasteiger partial charge >= 0.3 is 0 Å². The number of nitrogens with zero attached hydrogens (tertiary/aromatic N) is 2. The topological polar surface area (TPSA) is 35.6 Å². The molecule has 1 aromatic carbocycles. The van der Waals surface area contributed by atoms with Crippen LogP contribution in [0.4, 0.5) is 5.69 Å². The molecule has 1 aliphatic rings. The molecule has 1 fully saturated rings. The van der Waals surface area contributed by atoms with Crippen LogP contribution in [0.25, 0.3) is 0 Å². The van der Waals surface area contributed by atoms with E-state index in [-0.39, 0.29) is 11.9 Å². The van der Waals surface area contributed by atoms with Gasteiger partial charge in [0.2, 0.25) is 5.91 Å². The fraction of sp³-hybridized carbons (Fsp3) is 0.533. The Morgan fingerprint density at radius 3 is 2.74 bits per heavy atom. The summed E-state index contributed by atoms with van der Waals surface area (Å²) in [4.78, 5) is 16.3. The lowest BCUT2D eigenvalue weighted by atomic mass is 10.1. The van der Waals surface area contributed by atoms with Crippen LogP contribution in [-0.4, -0.2) is 50.6 Å². The van der Waals surface area contributed by atoms with Crippen molar-refractivity contribution in [1.29, 1.82) is 0 Å². The number of piperazine rings is 1. The molecule has 1 heterocycles. The van der Waals surface area contributed by atoms with Crippen LogP contribution in [0, 0.1) is 6.92 Å². The number of likely N-dealkylation sites (N-methyl/N-ethyl adjacent to an activating group) is 1. The Hall–Kier alpha value is -1.39. The Morgan fingerprint density at radius 1 is 1.42 bits per heavy atom. The second-order valence-corrected chi connectivity index (χ2v) is 5.41. The van der Waals surface area contributed by atoms with Crippen LogP contribution in [-0.2, 0) is 4.79 Å². The molecule has 104 valence electrons. The highest BCUT2D eigenvalue weighted by atomic mass is 16.2. The zero-order chi connectivity index (χ0) is 13.8. The highest BCUT2D eigenvalue weighted by Crippen LogP contribution is 2.15. The summed E-state index contributed by atoms with van der Waals surface area (Å²) in [7, 11) is 3.95. The standard InChI is InChI=1S/C15H23N3O/c1-12-4-6-14(7-5-12)18(3)15(19)10-13-11-17(2)9-8-16-13/h4-7,13,16H,8-11H2,1-3H3. The summed E-state index contributed by atoms with van der Waals surface area (Å²) >= 11 is 0. The third-order valence-corrected chi connectivity index (χ3v) is 3.67. The average molecular weight is 261 g/mol. The molecule has 1 aliphatic heterocycles. The molecule has 0 radical (unpaired) electrons. The van der Waals surface area contributed by atoms with Gasteiger partial charge in [0, 0.05) is 44.8 Å². The quantitative estimate of drug-likeness (QED) is 0.889. The van der Waals surface area contributed by atoms with E-state index in [9.17, 15) is 4.79 Å². The van der Waals surface area contributed by atoms with Gasteiger partial charge in [0.1, 0.15) is 0 Å². The van der Waals surface area contributed by atoms with Crippen LogP contribution in [0.1, 0.15) is 12.0 Å². The van der Waals surface area contributed by atoms with E-state index in [4.69, 9.17) is 0 Å². The van der Waals surface area contributed by atoms with Crippen LogP contribution < -0.4 is 10.2 Å². The number of benzene rings is 1. The molecule has 0 spiro atoms. The highest BCUT2D eigenvalue weighted by molar-refractivity contribution is 5.93. The van der Waals surface area contributed by atoms with Crippen molar-refractivity contribution in [3.63, 3.8) is 0 Å². The summed E-state index contributed by atoms with van der Waals surface area (Å²) in [6, 6.07) is 8.32. The first-order chi connectivity index (χ1) is 9.06. The van der Waals surface area contributed by atoms with E-state index in [0.717, 1.165) is 25.3 Å². The zero-order valence-electron chi connectivity index (χ0n) is 12.0. The molecule has 0 saturated carbocycles. The molecule has 1 aromatic rings. The maximum absolute atomic E-state index is 12.3. The third kappa shape index (κ3) is 3.78. The maximum atomic E-state index is 12.3. The molecule has 19 heavy (non-hydrogen) atoms. The van der Waals surface area contributed by atoms with E-state index in [0.29, 0.717) is 6.42 Å². The van der Waals surface area contributed by atoms with Gasteiger partial charge in [-0.25, -0.2) is 0 Å². The number of aryl methyl sites for hydroxylation is 1. The van der Waals surface area contributed by atoms with Crippen LogP contribution in [0.5, 0.6) is 0 Å². The SMILES string of the molecule is Cc1ccc(N(C)C(=O)CC2CN(C)CCN2)cc1. The van der Waals surface area contributed by atoms with Crippen molar-refractivity contribution in [3.05, 3.63) is 29.8 Å². The van der Waals surface area contributed by atoms with Gasteiger partial charge in [0.05, 0.1) is 0 Å². The monoisotopic (exact) mass is 261 g/mol. The summed E-state index contributed by atoms with van der Waals surface area (Å²) in [5.74, 6) is 0.164. The first kappa shape index (κ1) is 14.0. The zero-order valence-corrected chi connectivity index (χ0v) is 12.0. The van der Waals surface area contributed by atoms with Crippen LogP contribution >= 0.6 is 0 Å². The molecule has 0 aromatic heterocycles. The first-order valence-corrected chi connectivity index (χ1v) is 6.81. The Bertz CT molecular complexity index is 430. The van der Waals surface area contributed by atoms with E-state index < -0.39 is 0 Å². The fourth-order valence-corrected chi connectivity index (χ4v) is 2.39. The molecule has 4 nitrogen and oxygen atoms in total. The van der Waals surface area contributed by atoms with E-state index in [1.807, 2.05) is 38.2 Å². The number of nitrogens with one attached hydrogen (secondary N) is 1. The van der Waals surface area contributed by atoms with Gasteiger partial charge < -0.3 is 15.1 Å². The van der Waals surface area contributed by atoms with Gasteiger partial charge in [-0.2, -0.15) is 0 Å². The maximum Gasteiger partial charge on any atom is 0.228 e. The van der Waals surface area contributed by atoms with Gasteiger partial charge in [-0.3, -0.25) is 4.79 Å². The molecular formula is C15H23N3O. The number of amides is 1. The molecule has 2 rings (SSSR count). The number of carbonyl (C=O) groups is 1. The lowest BCUT2D eigenvalue weighted by molar-refractivity contribution is -0.119. The summed E-state index contributed by atoms with van der Waals surface area (Å²) in [6.07, 6.45) is 0.550. The van der Waals surface area contributed by atoms with Crippen molar-refractivity contribution < 1.29 is 4.79 Å². The second kappa shape index (κ2) is 6.17. The van der Waals surface area contributed by atoms with Gasteiger partial charge in [-0.15, -0.1) is 0 Å². The number of anilines is 1. The molecule has 1 saturated heterocycles. The first-order valence-electron chi connectivity index (χ1n) is 6.81. The van der Waals surface area contributed by atoms with Gasteiger partial charge in [0.25, 0.3) is 0 Å². The summed E-state index contributed by atoms with van der Waals surface area (Å²) < 4.78 is 0. The smallest absolute Gasteiger partial charge is 0.228 e. The van der Waals surface area contributed by atoms with Crippen LogP contribution in [0.2, 0.25) is 0 Å². The molecule has 0 aliphatic carbocycles. The Morgan fingerprint density at radius 2 is 2.11 bits per heavy atom. The van der Waals surface area contributed by atoms with Crippen molar-refractivity contribution >= 4 is 11.6 Å². The van der Waals surface area contributed by atoms with E-state index in [2.05, 4.69) is 17.3 Å². The van der Waals surface area contributed by atoms with Crippen LogP contribution in [0.3, 0.4) is 0 Å². The molecular weight excluding hydrogens is 238 g/mol. The predicted molar refractivity (Wildman–Crippen MR) is 78.5 cm³/mol. The normalized spacial score (nSPS) is 20.3. The van der Waals surface area contributed by atoms with E-state index in [1.54, 1.807) is 4.90 Å². The van der Waals surface area contributed by atoms with E-state index in [1.165, 1.54) is 5.56 Å². The Balaban J connectivity index is 1.93. The third-order valence-electron chi connectivity index (χ3n) is 3.67. The lowest BCUT2D eigenvalue weighted by Crippen LogP contribution is -2.50.